The number of likely N-dealkylation sites (N-methyl/N-ethyl adjacent to an activating group) is 1. The van der Waals surface area contributed by atoms with Gasteiger partial charge >= 0.3 is 0 Å². The summed E-state index contributed by atoms with van der Waals surface area (Å²) in [5.41, 5.74) is 1.74. The van der Waals surface area contributed by atoms with E-state index in [0.717, 1.165) is 5.56 Å². The summed E-state index contributed by atoms with van der Waals surface area (Å²) in [4.78, 5) is 22.8. The van der Waals surface area contributed by atoms with Crippen LogP contribution in [-0.4, -0.2) is 38.5 Å². The van der Waals surface area contributed by atoms with E-state index < -0.39 is 0 Å². The standard InChI is InChI=1S/C13H19N3O2.ClH/c1-10-3-5-11(6-4-10)13(18)16-8-7-15-12(17)9-14-2;/h3-6,14H,7-9H2,1-2H3,(H,15,17)(H,16,18);1H. The second-order valence-electron chi connectivity index (χ2n) is 4.00. The summed E-state index contributed by atoms with van der Waals surface area (Å²) in [6.07, 6.45) is 0. The van der Waals surface area contributed by atoms with E-state index in [1.165, 1.54) is 0 Å². The van der Waals surface area contributed by atoms with Gasteiger partial charge in [0.25, 0.3) is 5.91 Å². The third-order valence-corrected chi connectivity index (χ3v) is 2.38. The second kappa shape index (κ2) is 9.35. The van der Waals surface area contributed by atoms with Crippen LogP contribution >= 0.6 is 12.4 Å². The lowest BCUT2D eigenvalue weighted by Gasteiger charge is -2.07. The molecule has 1 aromatic carbocycles. The normalized spacial score (nSPS) is 9.37. The van der Waals surface area contributed by atoms with E-state index in [4.69, 9.17) is 0 Å². The van der Waals surface area contributed by atoms with Crippen molar-refractivity contribution in [3.63, 3.8) is 0 Å². The summed E-state index contributed by atoms with van der Waals surface area (Å²) in [5, 5.41) is 8.17. The Kier molecular flexibility index (Phi) is 8.57. The van der Waals surface area contributed by atoms with Crippen LogP contribution in [0.15, 0.2) is 24.3 Å². The molecule has 1 rings (SSSR count). The van der Waals surface area contributed by atoms with Gasteiger partial charge in [-0.2, -0.15) is 0 Å². The molecule has 0 fully saturated rings. The fraction of sp³-hybridized carbons (Fsp3) is 0.385. The Balaban J connectivity index is 0.00000324. The van der Waals surface area contributed by atoms with Crippen molar-refractivity contribution >= 4 is 24.2 Å². The molecule has 0 unspecified atom stereocenters. The van der Waals surface area contributed by atoms with E-state index in [0.29, 0.717) is 18.7 Å². The number of amides is 2. The van der Waals surface area contributed by atoms with Crippen molar-refractivity contribution < 1.29 is 9.59 Å². The Bertz CT molecular complexity index is 407. The van der Waals surface area contributed by atoms with Crippen LogP contribution in [-0.2, 0) is 4.79 Å². The fourth-order valence-electron chi connectivity index (χ4n) is 1.41. The van der Waals surface area contributed by atoms with E-state index in [-0.39, 0.29) is 30.8 Å². The van der Waals surface area contributed by atoms with Crippen LogP contribution in [0.1, 0.15) is 15.9 Å². The largest absolute Gasteiger partial charge is 0.353 e. The lowest BCUT2D eigenvalue weighted by Crippen LogP contribution is -2.38. The molecule has 0 aliphatic heterocycles. The lowest BCUT2D eigenvalue weighted by atomic mass is 10.1. The summed E-state index contributed by atoms with van der Waals surface area (Å²) in [5.74, 6) is -0.208. The minimum absolute atomic E-state index is 0. The Hall–Kier alpha value is -1.59. The van der Waals surface area contributed by atoms with E-state index in [9.17, 15) is 9.59 Å². The zero-order valence-electron chi connectivity index (χ0n) is 11.2. The molecule has 0 aliphatic carbocycles. The first-order chi connectivity index (χ1) is 8.63. The average Bonchev–Trinajstić information content (AvgIpc) is 2.35. The molecule has 0 atom stereocenters. The molecule has 0 aliphatic rings. The molecular formula is C13H20ClN3O2. The molecule has 1 aromatic rings. The van der Waals surface area contributed by atoms with E-state index in [1.54, 1.807) is 19.2 Å². The molecule has 0 saturated heterocycles. The van der Waals surface area contributed by atoms with Gasteiger partial charge in [0, 0.05) is 18.7 Å². The van der Waals surface area contributed by atoms with Crippen LogP contribution in [0.3, 0.4) is 0 Å². The highest BCUT2D eigenvalue weighted by Crippen LogP contribution is 2.02. The number of carbonyl (C=O) groups excluding carboxylic acids is 2. The van der Waals surface area contributed by atoms with Crippen molar-refractivity contribution in [3.8, 4) is 0 Å². The van der Waals surface area contributed by atoms with Crippen molar-refractivity contribution in [1.82, 2.24) is 16.0 Å². The van der Waals surface area contributed by atoms with Crippen LogP contribution in [0.25, 0.3) is 0 Å². The van der Waals surface area contributed by atoms with Gasteiger partial charge in [-0.05, 0) is 26.1 Å². The van der Waals surface area contributed by atoms with Crippen molar-refractivity contribution in [2.24, 2.45) is 0 Å². The topological polar surface area (TPSA) is 70.2 Å². The number of aryl methyl sites for hydroxylation is 1. The summed E-state index contributed by atoms with van der Waals surface area (Å²) >= 11 is 0. The third kappa shape index (κ3) is 6.79. The van der Waals surface area contributed by atoms with Crippen molar-refractivity contribution in [2.45, 2.75) is 6.92 Å². The zero-order chi connectivity index (χ0) is 13.4. The van der Waals surface area contributed by atoms with Gasteiger partial charge in [-0.25, -0.2) is 0 Å². The predicted molar refractivity (Wildman–Crippen MR) is 77.7 cm³/mol. The second-order valence-corrected chi connectivity index (χ2v) is 4.00. The third-order valence-electron chi connectivity index (χ3n) is 2.38. The Morgan fingerprint density at radius 1 is 1.05 bits per heavy atom. The van der Waals surface area contributed by atoms with Crippen LogP contribution < -0.4 is 16.0 Å². The molecule has 2 amide bonds. The molecular weight excluding hydrogens is 266 g/mol. The molecule has 106 valence electrons. The molecule has 0 aromatic heterocycles. The first-order valence-corrected chi connectivity index (χ1v) is 5.89. The summed E-state index contributed by atoms with van der Waals surface area (Å²) in [7, 11) is 1.71. The zero-order valence-corrected chi connectivity index (χ0v) is 12.0. The molecule has 3 N–H and O–H groups in total. The van der Waals surface area contributed by atoms with E-state index in [2.05, 4.69) is 16.0 Å². The molecule has 0 saturated carbocycles. The maximum Gasteiger partial charge on any atom is 0.251 e. The van der Waals surface area contributed by atoms with Crippen molar-refractivity contribution in [1.29, 1.82) is 0 Å². The van der Waals surface area contributed by atoms with E-state index >= 15 is 0 Å². The Morgan fingerprint density at radius 2 is 1.63 bits per heavy atom. The SMILES string of the molecule is CNCC(=O)NCCNC(=O)c1ccc(C)cc1.Cl. The lowest BCUT2D eigenvalue weighted by molar-refractivity contribution is -0.120. The molecule has 0 heterocycles. The highest BCUT2D eigenvalue weighted by atomic mass is 35.5. The van der Waals surface area contributed by atoms with Gasteiger partial charge in [0.05, 0.1) is 6.54 Å². The van der Waals surface area contributed by atoms with Crippen LogP contribution in [0, 0.1) is 6.92 Å². The maximum absolute atomic E-state index is 11.7. The summed E-state index contributed by atoms with van der Waals surface area (Å²) in [6, 6.07) is 7.35. The van der Waals surface area contributed by atoms with Crippen LogP contribution in [0.5, 0.6) is 0 Å². The molecule has 0 bridgehead atoms. The van der Waals surface area contributed by atoms with E-state index in [1.807, 2.05) is 19.1 Å². The van der Waals surface area contributed by atoms with Crippen LogP contribution in [0.4, 0.5) is 0 Å². The van der Waals surface area contributed by atoms with Gasteiger partial charge in [-0.1, -0.05) is 17.7 Å². The summed E-state index contributed by atoms with van der Waals surface area (Å²) in [6.45, 7) is 3.10. The first-order valence-electron chi connectivity index (χ1n) is 5.89. The summed E-state index contributed by atoms with van der Waals surface area (Å²) < 4.78 is 0. The molecule has 0 radical (unpaired) electrons. The van der Waals surface area contributed by atoms with Crippen LogP contribution in [0.2, 0.25) is 0 Å². The number of carbonyl (C=O) groups is 2. The number of hydrogen-bond donors (Lipinski definition) is 3. The Morgan fingerprint density at radius 3 is 2.21 bits per heavy atom. The first kappa shape index (κ1) is 17.4. The predicted octanol–water partition coefficient (Wildman–Crippen LogP) is 0.482. The molecule has 19 heavy (non-hydrogen) atoms. The minimum atomic E-state index is -0.127. The highest BCUT2D eigenvalue weighted by Gasteiger charge is 2.04. The maximum atomic E-state index is 11.7. The van der Waals surface area contributed by atoms with Gasteiger partial charge in [-0.3, -0.25) is 9.59 Å². The fourth-order valence-corrected chi connectivity index (χ4v) is 1.41. The average molecular weight is 286 g/mol. The van der Waals surface area contributed by atoms with Crippen molar-refractivity contribution in [2.75, 3.05) is 26.7 Å². The van der Waals surface area contributed by atoms with Gasteiger partial charge in [0.1, 0.15) is 0 Å². The van der Waals surface area contributed by atoms with Gasteiger partial charge in [0.15, 0.2) is 0 Å². The van der Waals surface area contributed by atoms with Crippen molar-refractivity contribution in [3.05, 3.63) is 35.4 Å². The monoisotopic (exact) mass is 285 g/mol. The Labute approximate surface area is 119 Å². The number of hydrogen-bond acceptors (Lipinski definition) is 3. The van der Waals surface area contributed by atoms with Gasteiger partial charge in [-0.15, -0.1) is 12.4 Å². The number of halogens is 1. The minimum Gasteiger partial charge on any atom is -0.353 e. The number of benzene rings is 1. The molecule has 6 heteroatoms. The van der Waals surface area contributed by atoms with Gasteiger partial charge in [0.2, 0.25) is 5.91 Å². The van der Waals surface area contributed by atoms with Gasteiger partial charge < -0.3 is 16.0 Å². The molecule has 5 nitrogen and oxygen atoms in total. The highest BCUT2D eigenvalue weighted by molar-refractivity contribution is 5.94. The number of rotatable bonds is 6. The quantitative estimate of drug-likeness (QED) is 0.666. The molecule has 0 spiro atoms. The smallest absolute Gasteiger partial charge is 0.251 e. The number of nitrogens with one attached hydrogen (secondary N) is 3.